The number of rotatable bonds is 5. The third-order valence-corrected chi connectivity index (χ3v) is 6.11. The summed E-state index contributed by atoms with van der Waals surface area (Å²) in [5.74, 6) is 0. The van der Waals surface area contributed by atoms with Crippen LogP contribution in [0.15, 0.2) is 30.3 Å². The van der Waals surface area contributed by atoms with Crippen molar-refractivity contribution >= 4 is 17.4 Å². The Balaban J connectivity index is 1.61. The first kappa shape index (κ1) is 18.9. The van der Waals surface area contributed by atoms with Gasteiger partial charge in [-0.05, 0) is 33.6 Å². The fourth-order valence-corrected chi connectivity index (χ4v) is 4.39. The molecule has 2 amide bonds. The van der Waals surface area contributed by atoms with Gasteiger partial charge in [-0.1, -0.05) is 30.3 Å². The van der Waals surface area contributed by atoms with Crippen molar-refractivity contribution in [1.82, 2.24) is 15.2 Å². The molecule has 0 bridgehead atoms. The number of likely N-dealkylation sites (tertiary alicyclic amines) is 1. The number of nitrogens with zero attached hydrogens (tertiary/aromatic N) is 2. The Labute approximate surface area is 159 Å². The molecule has 140 valence electrons. The number of carbonyl (C=O) groups excluding carboxylic acids is 1. The number of amides is 2. The van der Waals surface area contributed by atoms with Crippen LogP contribution in [0.4, 0.5) is 4.79 Å². The molecule has 6 heteroatoms. The molecular weight excluding hydrogens is 346 g/mol. The minimum absolute atomic E-state index is 0.00140. The van der Waals surface area contributed by atoms with Gasteiger partial charge in [0.05, 0.1) is 22.7 Å². The molecule has 2 heterocycles. The Hall–Kier alpha value is -1.92. The van der Waals surface area contributed by atoms with Crippen LogP contribution in [-0.4, -0.2) is 41.7 Å². The maximum atomic E-state index is 12.6. The Bertz CT molecular complexity index is 724. The zero-order valence-electron chi connectivity index (χ0n) is 15.7. The third kappa shape index (κ3) is 4.43. The molecule has 1 aromatic carbocycles. The molecule has 0 spiro atoms. The van der Waals surface area contributed by atoms with Crippen molar-refractivity contribution in [3.05, 3.63) is 40.9 Å². The zero-order valence-corrected chi connectivity index (χ0v) is 16.5. The van der Waals surface area contributed by atoms with Gasteiger partial charge in [-0.3, -0.25) is 0 Å². The number of piperidine rings is 1. The third-order valence-electron chi connectivity index (χ3n) is 4.72. The van der Waals surface area contributed by atoms with Gasteiger partial charge in [0, 0.05) is 25.3 Å². The van der Waals surface area contributed by atoms with Crippen molar-refractivity contribution in [2.45, 2.75) is 45.8 Å². The first-order chi connectivity index (χ1) is 12.6. The van der Waals surface area contributed by atoms with E-state index in [0.717, 1.165) is 53.7 Å². The Morgan fingerprint density at radius 1 is 1.35 bits per heavy atom. The molecular formula is C20H27N3O2S. The molecule has 0 aliphatic carbocycles. The summed E-state index contributed by atoms with van der Waals surface area (Å²) in [6.45, 7) is 8.29. The van der Waals surface area contributed by atoms with Crippen molar-refractivity contribution in [2.24, 2.45) is 0 Å². The van der Waals surface area contributed by atoms with E-state index in [-0.39, 0.29) is 12.1 Å². The summed E-state index contributed by atoms with van der Waals surface area (Å²) in [5.41, 5.74) is 2.10. The average Bonchev–Trinajstić information content (AvgIpc) is 3.05. The Morgan fingerprint density at radius 2 is 2.04 bits per heavy atom. The molecule has 26 heavy (non-hydrogen) atoms. The van der Waals surface area contributed by atoms with Crippen LogP contribution in [0.5, 0.6) is 0 Å². The summed E-state index contributed by atoms with van der Waals surface area (Å²) in [6, 6.07) is 10.1. The van der Waals surface area contributed by atoms with Crippen molar-refractivity contribution < 1.29 is 9.53 Å². The standard InChI is InChI=1S/C20H27N3O2S/c1-4-25-17-10-12-23(13-11-17)20(24)22-15(3)18-14(2)21-19(26-18)16-8-6-5-7-9-16/h5-9,15,17H,4,10-13H2,1-3H3,(H,22,24)/t15-/m0/s1. The SMILES string of the molecule is CCOC1CCN(C(=O)N[C@@H](C)c2sc(-c3ccccc3)nc2C)CC1. The highest BCUT2D eigenvalue weighted by atomic mass is 32.1. The van der Waals surface area contributed by atoms with Gasteiger partial charge in [0.15, 0.2) is 0 Å². The molecule has 2 aromatic rings. The molecule has 0 radical (unpaired) electrons. The topological polar surface area (TPSA) is 54.5 Å². The molecule has 1 aliphatic rings. The molecule has 3 rings (SSSR count). The molecule has 1 N–H and O–H groups in total. The van der Waals surface area contributed by atoms with E-state index < -0.39 is 0 Å². The molecule has 1 saturated heterocycles. The smallest absolute Gasteiger partial charge is 0.317 e. The average molecular weight is 374 g/mol. The predicted molar refractivity (Wildman–Crippen MR) is 105 cm³/mol. The predicted octanol–water partition coefficient (Wildman–Crippen LogP) is 4.39. The lowest BCUT2D eigenvalue weighted by Crippen LogP contribution is -2.46. The van der Waals surface area contributed by atoms with Gasteiger partial charge in [-0.15, -0.1) is 11.3 Å². The molecule has 1 aliphatic heterocycles. The molecule has 1 atom stereocenters. The van der Waals surface area contributed by atoms with E-state index in [1.165, 1.54) is 0 Å². The van der Waals surface area contributed by atoms with Crippen LogP contribution in [0.3, 0.4) is 0 Å². The number of urea groups is 1. The zero-order chi connectivity index (χ0) is 18.5. The largest absolute Gasteiger partial charge is 0.378 e. The quantitative estimate of drug-likeness (QED) is 0.846. The highest BCUT2D eigenvalue weighted by Crippen LogP contribution is 2.31. The highest BCUT2D eigenvalue weighted by Gasteiger charge is 2.25. The summed E-state index contributed by atoms with van der Waals surface area (Å²) in [7, 11) is 0. The summed E-state index contributed by atoms with van der Waals surface area (Å²) < 4.78 is 5.66. The van der Waals surface area contributed by atoms with E-state index >= 15 is 0 Å². The fourth-order valence-electron chi connectivity index (χ4n) is 3.32. The lowest BCUT2D eigenvalue weighted by molar-refractivity contribution is 0.0218. The first-order valence-corrected chi connectivity index (χ1v) is 10.1. The van der Waals surface area contributed by atoms with Crippen molar-refractivity contribution in [1.29, 1.82) is 0 Å². The number of hydrogen-bond acceptors (Lipinski definition) is 4. The maximum absolute atomic E-state index is 12.6. The minimum Gasteiger partial charge on any atom is -0.378 e. The van der Waals surface area contributed by atoms with E-state index in [0.29, 0.717) is 6.10 Å². The monoisotopic (exact) mass is 373 g/mol. The van der Waals surface area contributed by atoms with Crippen LogP contribution in [0.25, 0.3) is 10.6 Å². The van der Waals surface area contributed by atoms with Crippen LogP contribution in [0, 0.1) is 6.92 Å². The second-order valence-corrected chi connectivity index (χ2v) is 7.68. The normalized spacial score (nSPS) is 16.5. The number of nitrogens with one attached hydrogen (secondary N) is 1. The molecule has 5 nitrogen and oxygen atoms in total. The summed E-state index contributed by atoms with van der Waals surface area (Å²) in [6.07, 6.45) is 2.11. The van der Waals surface area contributed by atoms with Gasteiger partial charge in [0.2, 0.25) is 0 Å². The van der Waals surface area contributed by atoms with Gasteiger partial charge in [0.25, 0.3) is 0 Å². The summed E-state index contributed by atoms with van der Waals surface area (Å²) >= 11 is 1.65. The second kappa shape index (κ2) is 8.64. The molecule has 0 saturated carbocycles. The highest BCUT2D eigenvalue weighted by molar-refractivity contribution is 7.15. The van der Waals surface area contributed by atoms with E-state index in [9.17, 15) is 4.79 Å². The molecule has 1 fully saturated rings. The fraction of sp³-hybridized carbons (Fsp3) is 0.500. The van der Waals surface area contributed by atoms with E-state index in [2.05, 4.69) is 22.4 Å². The lowest BCUT2D eigenvalue weighted by Gasteiger charge is -2.32. The maximum Gasteiger partial charge on any atom is 0.317 e. The number of ether oxygens (including phenoxy) is 1. The van der Waals surface area contributed by atoms with Crippen LogP contribution >= 0.6 is 11.3 Å². The van der Waals surface area contributed by atoms with Crippen molar-refractivity contribution in [3.8, 4) is 10.6 Å². The van der Waals surface area contributed by atoms with E-state index in [4.69, 9.17) is 4.74 Å². The van der Waals surface area contributed by atoms with Crippen LogP contribution in [-0.2, 0) is 4.74 Å². The molecule has 0 unspecified atom stereocenters. The van der Waals surface area contributed by atoms with Crippen LogP contribution in [0.2, 0.25) is 0 Å². The van der Waals surface area contributed by atoms with Gasteiger partial charge >= 0.3 is 6.03 Å². The summed E-state index contributed by atoms with van der Waals surface area (Å²) in [4.78, 5) is 20.3. The second-order valence-electron chi connectivity index (χ2n) is 6.65. The van der Waals surface area contributed by atoms with Crippen molar-refractivity contribution in [2.75, 3.05) is 19.7 Å². The van der Waals surface area contributed by atoms with Gasteiger partial charge in [-0.2, -0.15) is 0 Å². The van der Waals surface area contributed by atoms with Gasteiger partial charge < -0.3 is 15.0 Å². The minimum atomic E-state index is -0.0536. The first-order valence-electron chi connectivity index (χ1n) is 9.28. The number of aryl methyl sites for hydroxylation is 1. The number of aromatic nitrogens is 1. The summed E-state index contributed by atoms with van der Waals surface area (Å²) in [5, 5.41) is 4.13. The number of thiazole rings is 1. The molecule has 1 aromatic heterocycles. The Morgan fingerprint density at radius 3 is 2.69 bits per heavy atom. The van der Waals surface area contributed by atoms with Gasteiger partial charge in [0.1, 0.15) is 5.01 Å². The number of benzene rings is 1. The van der Waals surface area contributed by atoms with Crippen molar-refractivity contribution in [3.63, 3.8) is 0 Å². The van der Waals surface area contributed by atoms with E-state index in [1.807, 2.05) is 43.9 Å². The van der Waals surface area contributed by atoms with Gasteiger partial charge in [-0.25, -0.2) is 9.78 Å². The number of hydrogen-bond donors (Lipinski definition) is 1. The van der Waals surface area contributed by atoms with E-state index in [1.54, 1.807) is 11.3 Å². The number of carbonyl (C=O) groups is 1. The van der Waals surface area contributed by atoms with Crippen LogP contribution < -0.4 is 5.32 Å². The Kier molecular flexibility index (Phi) is 6.27. The van der Waals surface area contributed by atoms with Crippen LogP contribution in [0.1, 0.15) is 43.3 Å². The lowest BCUT2D eigenvalue weighted by atomic mass is 10.1.